The summed E-state index contributed by atoms with van der Waals surface area (Å²) in [5.74, 6) is -0.0969. The van der Waals surface area contributed by atoms with Crippen LogP contribution in [-0.4, -0.2) is 20.7 Å². The van der Waals surface area contributed by atoms with Crippen LogP contribution in [0.25, 0.3) is 0 Å². The van der Waals surface area contributed by atoms with E-state index in [-0.39, 0.29) is 5.91 Å². The van der Waals surface area contributed by atoms with E-state index < -0.39 is 0 Å². The molecule has 2 aromatic rings. The normalized spacial score (nSPS) is 10.1. The van der Waals surface area contributed by atoms with Crippen LogP contribution < -0.4 is 11.1 Å². The summed E-state index contributed by atoms with van der Waals surface area (Å²) in [6, 6.07) is 7.47. The van der Waals surface area contributed by atoms with Gasteiger partial charge in [-0.3, -0.25) is 10.1 Å². The van der Waals surface area contributed by atoms with Crippen LogP contribution in [0, 0.1) is 0 Å². The second-order valence-corrected chi connectivity index (χ2v) is 4.19. The molecule has 1 aromatic carbocycles. The van der Waals surface area contributed by atoms with Crippen molar-refractivity contribution < 1.29 is 4.79 Å². The van der Waals surface area contributed by atoms with Gasteiger partial charge in [-0.25, -0.2) is 0 Å². The van der Waals surface area contributed by atoms with Crippen molar-refractivity contribution in [2.75, 3.05) is 11.1 Å². The number of nitrogen functional groups attached to an aromatic ring is 1. The Morgan fingerprint density at radius 2 is 2.12 bits per heavy atom. The number of benzene rings is 1. The van der Waals surface area contributed by atoms with Gasteiger partial charge in [0, 0.05) is 23.6 Å². The molecule has 0 radical (unpaired) electrons. The Hall–Kier alpha value is -2.02. The molecule has 0 spiro atoms. The summed E-state index contributed by atoms with van der Waals surface area (Å²) >= 11 is 1.05. The van der Waals surface area contributed by atoms with E-state index in [4.69, 9.17) is 5.73 Å². The van der Waals surface area contributed by atoms with E-state index in [9.17, 15) is 4.79 Å². The number of anilines is 2. The quantitative estimate of drug-likeness (QED) is 0.791. The third-order valence-electron chi connectivity index (χ3n) is 2.17. The van der Waals surface area contributed by atoms with Crippen molar-refractivity contribution in [3.05, 3.63) is 29.8 Å². The van der Waals surface area contributed by atoms with Gasteiger partial charge < -0.3 is 5.73 Å². The van der Waals surface area contributed by atoms with E-state index in [0.29, 0.717) is 18.0 Å². The van der Waals surface area contributed by atoms with Gasteiger partial charge in [-0.1, -0.05) is 21.7 Å². The highest BCUT2D eigenvalue weighted by molar-refractivity contribution is 7.09. The number of hydrogen-bond acceptors (Lipinski definition) is 6. The number of carbonyl (C=O) groups is 1. The Morgan fingerprint density at radius 3 is 2.76 bits per heavy atom. The lowest BCUT2D eigenvalue weighted by Crippen LogP contribution is -2.12. The van der Waals surface area contributed by atoms with Crippen molar-refractivity contribution in [2.24, 2.45) is 0 Å². The molecule has 0 atom stereocenters. The van der Waals surface area contributed by atoms with Gasteiger partial charge in [0.1, 0.15) is 0 Å². The fraction of sp³-hybridized carbons (Fsp3) is 0.200. The van der Waals surface area contributed by atoms with Gasteiger partial charge in [0.15, 0.2) is 0 Å². The first-order valence-corrected chi connectivity index (χ1v) is 5.80. The average Bonchev–Trinajstić information content (AvgIpc) is 2.81. The van der Waals surface area contributed by atoms with Gasteiger partial charge in [-0.15, -0.1) is 0 Å². The maximum atomic E-state index is 11.5. The second-order valence-electron chi connectivity index (χ2n) is 3.46. The van der Waals surface area contributed by atoms with E-state index in [1.165, 1.54) is 0 Å². The van der Waals surface area contributed by atoms with Crippen molar-refractivity contribution in [1.82, 2.24) is 14.8 Å². The number of nitrogens with two attached hydrogens (primary N) is 1. The molecule has 0 saturated carbocycles. The molecule has 6 nitrogen and oxygen atoms in total. The van der Waals surface area contributed by atoms with Gasteiger partial charge in [0.2, 0.25) is 11.0 Å². The highest BCUT2D eigenvalue weighted by Gasteiger charge is 2.05. The van der Waals surface area contributed by atoms with Gasteiger partial charge in [0.05, 0.1) is 0 Å². The van der Waals surface area contributed by atoms with Crippen LogP contribution >= 0.6 is 11.5 Å². The number of rotatable bonds is 4. The zero-order valence-electron chi connectivity index (χ0n) is 8.96. The summed E-state index contributed by atoms with van der Waals surface area (Å²) in [6.45, 7) is 0. The summed E-state index contributed by atoms with van der Waals surface area (Å²) < 4.78 is 3.56. The van der Waals surface area contributed by atoms with E-state index in [1.807, 2.05) is 24.3 Å². The predicted octanol–water partition coefficient (Wildman–Crippen LogP) is 1.09. The molecule has 2 rings (SSSR count). The minimum atomic E-state index is -0.0969. The van der Waals surface area contributed by atoms with Gasteiger partial charge in [-0.2, -0.15) is 0 Å². The molecule has 0 aliphatic carbocycles. The zero-order chi connectivity index (χ0) is 12.1. The highest BCUT2D eigenvalue weighted by atomic mass is 32.1. The van der Waals surface area contributed by atoms with Crippen molar-refractivity contribution in [3.63, 3.8) is 0 Å². The summed E-state index contributed by atoms with van der Waals surface area (Å²) in [7, 11) is 0. The van der Waals surface area contributed by atoms with E-state index in [2.05, 4.69) is 20.1 Å². The topological polar surface area (TPSA) is 93.8 Å². The zero-order valence-corrected chi connectivity index (χ0v) is 9.78. The number of aromatic nitrogens is 3. The van der Waals surface area contributed by atoms with Crippen LogP contribution in [0.1, 0.15) is 12.0 Å². The summed E-state index contributed by atoms with van der Waals surface area (Å²) in [5.41, 5.74) is 7.37. The van der Waals surface area contributed by atoms with Gasteiger partial charge in [-0.05, 0) is 29.3 Å². The number of aryl methyl sites for hydroxylation is 1. The van der Waals surface area contributed by atoms with Crippen LogP contribution in [-0.2, 0) is 11.2 Å². The van der Waals surface area contributed by atoms with E-state index in [1.54, 1.807) is 0 Å². The van der Waals surface area contributed by atoms with Gasteiger partial charge >= 0.3 is 0 Å². The highest BCUT2D eigenvalue weighted by Crippen LogP contribution is 2.09. The maximum absolute atomic E-state index is 11.5. The number of carbonyl (C=O) groups excluding carboxylic acids is 1. The summed E-state index contributed by atoms with van der Waals surface area (Å²) in [5, 5.41) is 10.1. The number of amides is 1. The Balaban J connectivity index is 1.82. The first-order valence-electron chi connectivity index (χ1n) is 5.03. The molecule has 0 aliphatic rings. The molecule has 0 bridgehead atoms. The molecule has 88 valence electrons. The smallest absolute Gasteiger partial charge is 0.231 e. The minimum Gasteiger partial charge on any atom is -0.399 e. The predicted molar refractivity (Wildman–Crippen MR) is 65.5 cm³/mol. The summed E-state index contributed by atoms with van der Waals surface area (Å²) in [4.78, 5) is 11.5. The lowest BCUT2D eigenvalue weighted by atomic mass is 10.1. The van der Waals surface area contributed by atoms with E-state index in [0.717, 1.165) is 22.8 Å². The van der Waals surface area contributed by atoms with Crippen LogP contribution in [0.2, 0.25) is 0 Å². The Morgan fingerprint density at radius 1 is 1.35 bits per heavy atom. The van der Waals surface area contributed by atoms with Crippen molar-refractivity contribution in [3.8, 4) is 0 Å². The number of nitrogens with zero attached hydrogens (tertiary/aromatic N) is 3. The first kappa shape index (κ1) is 11.5. The van der Waals surface area contributed by atoms with Crippen LogP contribution in [0.5, 0.6) is 0 Å². The fourth-order valence-electron chi connectivity index (χ4n) is 1.31. The minimum absolute atomic E-state index is 0.0969. The molecular weight excluding hydrogens is 238 g/mol. The largest absolute Gasteiger partial charge is 0.399 e. The molecule has 17 heavy (non-hydrogen) atoms. The molecule has 0 saturated heterocycles. The molecule has 1 heterocycles. The second kappa shape index (κ2) is 5.35. The fourth-order valence-corrected chi connectivity index (χ4v) is 1.69. The van der Waals surface area contributed by atoms with Crippen LogP contribution in [0.15, 0.2) is 24.3 Å². The number of nitrogens with one attached hydrogen (secondary N) is 1. The van der Waals surface area contributed by atoms with Crippen molar-refractivity contribution in [2.45, 2.75) is 12.8 Å². The Labute approximate surface area is 102 Å². The van der Waals surface area contributed by atoms with Crippen LogP contribution in [0.4, 0.5) is 10.8 Å². The average molecular weight is 249 g/mol. The van der Waals surface area contributed by atoms with E-state index >= 15 is 0 Å². The molecule has 1 aromatic heterocycles. The first-order chi connectivity index (χ1) is 8.24. The third kappa shape index (κ3) is 3.49. The molecule has 7 heteroatoms. The molecule has 0 aliphatic heterocycles. The van der Waals surface area contributed by atoms with Crippen molar-refractivity contribution >= 4 is 28.3 Å². The maximum Gasteiger partial charge on any atom is 0.231 e. The molecule has 1 amide bonds. The Bertz CT molecular complexity index is 482. The van der Waals surface area contributed by atoms with Gasteiger partial charge in [0.25, 0.3) is 0 Å². The van der Waals surface area contributed by atoms with Crippen molar-refractivity contribution in [1.29, 1.82) is 0 Å². The molecule has 0 fully saturated rings. The monoisotopic (exact) mass is 249 g/mol. The lowest BCUT2D eigenvalue weighted by molar-refractivity contribution is -0.116. The molecule has 0 unspecified atom stereocenters. The Kier molecular flexibility index (Phi) is 3.61. The molecule has 3 N–H and O–H groups in total. The number of hydrogen-bond donors (Lipinski definition) is 2. The lowest BCUT2D eigenvalue weighted by Gasteiger charge is -2.02. The summed E-state index contributed by atoms with van der Waals surface area (Å²) in [6.07, 6.45) is 1.06. The standard InChI is InChI=1S/C10H11N5OS/c11-8-4-1-7(2-5-8)3-6-9(16)12-10-13-14-15-17-10/h1-2,4-5H,3,6,11H2,(H,12,13,15,16). The third-order valence-corrected chi connectivity index (χ3v) is 2.68. The SMILES string of the molecule is Nc1ccc(CCC(=O)Nc2nnns2)cc1. The molecular formula is C10H11N5OS. The van der Waals surface area contributed by atoms with Crippen LogP contribution in [0.3, 0.4) is 0 Å².